The Hall–Kier alpha value is -3.91. The average molecular weight is 387 g/mol. The summed E-state index contributed by atoms with van der Waals surface area (Å²) in [6.07, 6.45) is 4.20. The standard InChI is InChI=1S/C21H17N5O3/c1-26(20-17-4-2-3-5-18(17)24-13-25-20)15-6-8-16(9-7-15)29-21-22-10-14(11-23-21)19(28)12-27/h2-11,13,27H,12H2,1H3. The number of aliphatic hydroxyl groups excluding tert-OH is 1. The number of aromatic nitrogens is 4. The molecule has 0 bridgehead atoms. The van der Waals surface area contributed by atoms with Crippen molar-refractivity contribution in [2.24, 2.45) is 0 Å². The van der Waals surface area contributed by atoms with E-state index >= 15 is 0 Å². The number of hydrogen-bond donors (Lipinski definition) is 1. The molecule has 2 aromatic carbocycles. The molecule has 0 unspecified atom stereocenters. The Morgan fingerprint density at radius 3 is 2.45 bits per heavy atom. The second-order valence-electron chi connectivity index (χ2n) is 6.21. The van der Waals surface area contributed by atoms with Gasteiger partial charge in [-0.3, -0.25) is 4.79 Å². The van der Waals surface area contributed by atoms with Crippen LogP contribution in [-0.2, 0) is 0 Å². The summed E-state index contributed by atoms with van der Waals surface area (Å²) in [5.74, 6) is 0.911. The van der Waals surface area contributed by atoms with E-state index in [9.17, 15) is 4.79 Å². The molecule has 0 spiro atoms. The van der Waals surface area contributed by atoms with Crippen molar-refractivity contribution in [3.63, 3.8) is 0 Å². The monoisotopic (exact) mass is 387 g/mol. The van der Waals surface area contributed by atoms with Gasteiger partial charge in [-0.05, 0) is 36.4 Å². The summed E-state index contributed by atoms with van der Waals surface area (Å²) < 4.78 is 5.62. The van der Waals surface area contributed by atoms with Crippen molar-refractivity contribution in [2.75, 3.05) is 18.6 Å². The molecule has 29 heavy (non-hydrogen) atoms. The highest BCUT2D eigenvalue weighted by Gasteiger charge is 2.11. The first-order valence-electron chi connectivity index (χ1n) is 8.83. The van der Waals surface area contributed by atoms with Crippen LogP contribution < -0.4 is 9.64 Å². The number of rotatable bonds is 6. The maximum absolute atomic E-state index is 11.4. The fourth-order valence-electron chi connectivity index (χ4n) is 2.83. The molecule has 1 N–H and O–H groups in total. The van der Waals surface area contributed by atoms with Crippen LogP contribution in [0.1, 0.15) is 10.4 Å². The molecule has 0 atom stereocenters. The van der Waals surface area contributed by atoms with E-state index in [1.165, 1.54) is 12.4 Å². The largest absolute Gasteiger partial charge is 0.424 e. The minimum atomic E-state index is -0.583. The molecule has 0 radical (unpaired) electrons. The molecule has 0 aliphatic rings. The van der Waals surface area contributed by atoms with Crippen LogP contribution in [0.5, 0.6) is 11.8 Å². The number of nitrogens with zero attached hydrogens (tertiary/aromatic N) is 5. The zero-order valence-corrected chi connectivity index (χ0v) is 15.6. The Balaban J connectivity index is 1.52. The minimum absolute atomic E-state index is 0.113. The molecule has 4 rings (SSSR count). The van der Waals surface area contributed by atoms with Gasteiger partial charge in [-0.2, -0.15) is 0 Å². The maximum atomic E-state index is 11.4. The average Bonchev–Trinajstić information content (AvgIpc) is 2.78. The molecule has 0 saturated carbocycles. The van der Waals surface area contributed by atoms with E-state index in [0.29, 0.717) is 5.75 Å². The summed E-state index contributed by atoms with van der Waals surface area (Å²) in [7, 11) is 1.94. The van der Waals surface area contributed by atoms with E-state index < -0.39 is 12.4 Å². The molecule has 4 aromatic rings. The van der Waals surface area contributed by atoms with Crippen LogP contribution in [0.2, 0.25) is 0 Å². The van der Waals surface area contributed by atoms with Crippen LogP contribution in [0, 0.1) is 0 Å². The zero-order chi connectivity index (χ0) is 20.2. The van der Waals surface area contributed by atoms with Crippen molar-refractivity contribution in [3.8, 4) is 11.8 Å². The van der Waals surface area contributed by atoms with E-state index in [4.69, 9.17) is 9.84 Å². The number of ketones is 1. The molecule has 0 aliphatic carbocycles. The SMILES string of the molecule is CN(c1ccc(Oc2ncc(C(=O)CO)cn2)cc1)c1ncnc2ccccc12. The van der Waals surface area contributed by atoms with Crippen LogP contribution in [0.15, 0.2) is 67.3 Å². The Morgan fingerprint density at radius 2 is 1.72 bits per heavy atom. The number of Topliss-reactive ketones (excluding diaryl/α,β-unsaturated/α-hetero) is 1. The molecule has 8 heteroatoms. The first kappa shape index (κ1) is 18.5. The summed E-state index contributed by atoms with van der Waals surface area (Å²) >= 11 is 0. The quantitative estimate of drug-likeness (QED) is 0.504. The first-order chi connectivity index (χ1) is 14.2. The number of fused-ring (bicyclic) bond motifs is 1. The molecule has 144 valence electrons. The molecule has 2 heterocycles. The molecule has 2 aromatic heterocycles. The van der Waals surface area contributed by atoms with Crippen molar-refractivity contribution in [2.45, 2.75) is 0 Å². The summed E-state index contributed by atoms with van der Waals surface area (Å²) in [5.41, 5.74) is 2.03. The third kappa shape index (κ3) is 3.87. The van der Waals surface area contributed by atoms with E-state index in [1.807, 2.05) is 48.3 Å². The number of ether oxygens (including phenoxy) is 1. The van der Waals surface area contributed by atoms with Gasteiger partial charge in [0, 0.05) is 30.5 Å². The number of carbonyl (C=O) groups is 1. The number of para-hydroxylation sites is 1. The smallest absolute Gasteiger partial charge is 0.321 e. The fourth-order valence-corrected chi connectivity index (χ4v) is 2.83. The predicted molar refractivity (Wildman–Crippen MR) is 108 cm³/mol. The molecule has 8 nitrogen and oxygen atoms in total. The van der Waals surface area contributed by atoms with E-state index in [2.05, 4.69) is 19.9 Å². The Morgan fingerprint density at radius 1 is 1.00 bits per heavy atom. The molecular formula is C21H17N5O3. The number of carbonyl (C=O) groups excluding carboxylic acids is 1. The maximum Gasteiger partial charge on any atom is 0.321 e. The molecule has 0 aliphatic heterocycles. The van der Waals surface area contributed by atoms with Gasteiger partial charge in [0.1, 0.15) is 24.5 Å². The van der Waals surface area contributed by atoms with Gasteiger partial charge in [-0.25, -0.2) is 19.9 Å². The van der Waals surface area contributed by atoms with Crippen LogP contribution in [0.3, 0.4) is 0 Å². The number of anilines is 2. The Bertz CT molecular complexity index is 1140. The van der Waals surface area contributed by atoms with Crippen LogP contribution >= 0.6 is 0 Å². The van der Waals surface area contributed by atoms with E-state index in [1.54, 1.807) is 18.5 Å². The lowest BCUT2D eigenvalue weighted by atomic mass is 10.2. The predicted octanol–water partition coefficient (Wildman–Crippen LogP) is 3.16. The second kappa shape index (κ2) is 7.99. The van der Waals surface area contributed by atoms with Gasteiger partial charge in [0.05, 0.1) is 11.1 Å². The highest BCUT2D eigenvalue weighted by molar-refractivity contribution is 5.96. The molecule has 0 amide bonds. The first-order valence-corrected chi connectivity index (χ1v) is 8.83. The Kier molecular flexibility index (Phi) is 5.08. The number of hydrogen-bond acceptors (Lipinski definition) is 8. The van der Waals surface area contributed by atoms with Gasteiger partial charge in [0.15, 0.2) is 5.78 Å². The topological polar surface area (TPSA) is 101 Å². The highest BCUT2D eigenvalue weighted by Crippen LogP contribution is 2.29. The highest BCUT2D eigenvalue weighted by atomic mass is 16.5. The third-order valence-electron chi connectivity index (χ3n) is 4.37. The fraction of sp³-hybridized carbons (Fsp3) is 0.0952. The minimum Gasteiger partial charge on any atom is -0.424 e. The van der Waals surface area contributed by atoms with Crippen molar-refractivity contribution >= 4 is 28.2 Å². The van der Waals surface area contributed by atoms with Gasteiger partial charge in [0.2, 0.25) is 0 Å². The van der Waals surface area contributed by atoms with Crippen molar-refractivity contribution < 1.29 is 14.6 Å². The normalized spacial score (nSPS) is 10.7. The number of benzene rings is 2. The van der Waals surface area contributed by atoms with Gasteiger partial charge in [-0.15, -0.1) is 0 Å². The van der Waals surface area contributed by atoms with Crippen LogP contribution in [0.4, 0.5) is 11.5 Å². The third-order valence-corrected chi connectivity index (χ3v) is 4.37. The Labute approximate surface area is 166 Å². The number of aliphatic hydroxyl groups is 1. The lowest BCUT2D eigenvalue weighted by Gasteiger charge is -2.20. The van der Waals surface area contributed by atoms with E-state index in [0.717, 1.165) is 22.4 Å². The van der Waals surface area contributed by atoms with Gasteiger partial charge in [-0.1, -0.05) is 12.1 Å². The summed E-state index contributed by atoms with van der Waals surface area (Å²) in [5, 5.41) is 9.82. The lowest BCUT2D eigenvalue weighted by molar-refractivity contribution is 0.0903. The summed E-state index contributed by atoms with van der Waals surface area (Å²) in [6.45, 7) is -0.583. The zero-order valence-electron chi connectivity index (χ0n) is 15.6. The van der Waals surface area contributed by atoms with Gasteiger partial charge < -0.3 is 14.7 Å². The summed E-state index contributed by atoms with van der Waals surface area (Å²) in [4.78, 5) is 30.1. The van der Waals surface area contributed by atoms with Gasteiger partial charge in [0.25, 0.3) is 0 Å². The molecular weight excluding hydrogens is 370 g/mol. The molecule has 0 fully saturated rings. The van der Waals surface area contributed by atoms with Crippen LogP contribution in [0.25, 0.3) is 10.9 Å². The van der Waals surface area contributed by atoms with E-state index in [-0.39, 0.29) is 11.6 Å². The van der Waals surface area contributed by atoms with Crippen molar-refractivity contribution in [1.82, 2.24) is 19.9 Å². The molecule has 0 saturated heterocycles. The van der Waals surface area contributed by atoms with Gasteiger partial charge >= 0.3 is 6.01 Å². The lowest BCUT2D eigenvalue weighted by Crippen LogP contribution is -2.11. The summed E-state index contributed by atoms with van der Waals surface area (Å²) in [6, 6.07) is 15.3. The van der Waals surface area contributed by atoms with Crippen molar-refractivity contribution in [1.29, 1.82) is 0 Å². The second-order valence-corrected chi connectivity index (χ2v) is 6.21. The van der Waals surface area contributed by atoms with Crippen LogP contribution in [-0.4, -0.2) is 44.5 Å². The van der Waals surface area contributed by atoms with Crippen molar-refractivity contribution in [3.05, 3.63) is 72.8 Å².